The molecule has 4 nitrogen and oxygen atoms in total. The third-order valence-corrected chi connectivity index (χ3v) is 4.76. The van der Waals surface area contributed by atoms with E-state index < -0.39 is 10.7 Å². The molecule has 0 spiro atoms. The number of halogens is 2. The Kier molecular flexibility index (Phi) is 5.56. The van der Waals surface area contributed by atoms with Gasteiger partial charge in [-0.2, -0.15) is 0 Å². The van der Waals surface area contributed by atoms with Gasteiger partial charge in [-0.25, -0.2) is 4.39 Å². The predicted octanol–water partition coefficient (Wildman–Crippen LogP) is 5.12. The third kappa shape index (κ3) is 4.40. The molecule has 0 aliphatic heterocycles. The second kappa shape index (κ2) is 7.20. The maximum atomic E-state index is 13.5. The summed E-state index contributed by atoms with van der Waals surface area (Å²) in [5.74, 6) is 0.943. The molecular weight excluding hydrogens is 339 g/mol. The van der Waals surface area contributed by atoms with E-state index in [1.807, 2.05) is 0 Å². The van der Waals surface area contributed by atoms with Crippen LogP contribution in [0.25, 0.3) is 0 Å². The van der Waals surface area contributed by atoms with Gasteiger partial charge in [0, 0.05) is 18.7 Å². The number of nitro benzene ring substituents is 1. The van der Waals surface area contributed by atoms with E-state index in [-0.39, 0.29) is 15.8 Å². The summed E-state index contributed by atoms with van der Waals surface area (Å²) < 4.78 is 13.7. The van der Waals surface area contributed by atoms with Gasteiger partial charge in [0.05, 0.1) is 9.40 Å². The van der Waals surface area contributed by atoms with Gasteiger partial charge in [-0.15, -0.1) is 0 Å². The largest absolute Gasteiger partial charge is 0.379 e. The number of anilines is 1. The summed E-state index contributed by atoms with van der Waals surface area (Å²) in [7, 11) is 0. The van der Waals surface area contributed by atoms with Crippen LogP contribution in [0.3, 0.4) is 0 Å². The monoisotopic (exact) mass is 358 g/mol. The van der Waals surface area contributed by atoms with Crippen molar-refractivity contribution in [1.29, 1.82) is 0 Å². The van der Waals surface area contributed by atoms with Gasteiger partial charge < -0.3 is 5.32 Å². The quantitative estimate of drug-likeness (QED) is 0.586. The number of rotatable bonds is 5. The van der Waals surface area contributed by atoms with Crippen molar-refractivity contribution in [2.45, 2.75) is 39.0 Å². The molecule has 0 amide bonds. The molecule has 1 aromatic carbocycles. The first-order valence-electron chi connectivity index (χ1n) is 7.34. The Morgan fingerprint density at radius 3 is 2.90 bits per heavy atom. The second-order valence-electron chi connectivity index (χ2n) is 5.89. The fourth-order valence-electron chi connectivity index (χ4n) is 3.06. The Labute approximate surface area is 132 Å². The number of benzene rings is 1. The highest BCUT2D eigenvalue weighted by Gasteiger charge is 2.20. The fraction of sp³-hybridized carbons (Fsp3) is 0.600. The SMILES string of the molecule is CC1CCCC(CCNc2cc(F)c(Br)cc2[N+](=O)[O-])C1. The van der Waals surface area contributed by atoms with Crippen molar-refractivity contribution >= 4 is 27.3 Å². The normalized spacial score (nSPS) is 22.0. The van der Waals surface area contributed by atoms with Gasteiger partial charge >= 0.3 is 0 Å². The van der Waals surface area contributed by atoms with Crippen molar-refractivity contribution in [1.82, 2.24) is 0 Å². The molecule has 116 valence electrons. The maximum Gasteiger partial charge on any atom is 0.293 e. The van der Waals surface area contributed by atoms with Crippen molar-refractivity contribution in [2.75, 3.05) is 11.9 Å². The molecular formula is C15H20BrFN2O2. The first-order valence-corrected chi connectivity index (χ1v) is 8.14. The summed E-state index contributed by atoms with van der Waals surface area (Å²) in [6.45, 7) is 2.91. The summed E-state index contributed by atoms with van der Waals surface area (Å²) in [6, 6.07) is 2.39. The van der Waals surface area contributed by atoms with Crippen LogP contribution in [0, 0.1) is 27.8 Å². The van der Waals surface area contributed by atoms with Crippen molar-refractivity contribution in [3.63, 3.8) is 0 Å². The van der Waals surface area contributed by atoms with Crippen LogP contribution in [0.15, 0.2) is 16.6 Å². The number of hydrogen-bond acceptors (Lipinski definition) is 3. The number of nitro groups is 1. The number of hydrogen-bond donors (Lipinski definition) is 1. The molecule has 1 saturated carbocycles. The molecule has 1 fully saturated rings. The molecule has 0 aromatic heterocycles. The highest BCUT2D eigenvalue weighted by molar-refractivity contribution is 9.10. The van der Waals surface area contributed by atoms with Gasteiger partial charge in [-0.05, 0) is 40.6 Å². The summed E-state index contributed by atoms with van der Waals surface area (Å²) >= 11 is 2.98. The second-order valence-corrected chi connectivity index (χ2v) is 6.75. The molecule has 2 rings (SSSR count). The lowest BCUT2D eigenvalue weighted by Gasteiger charge is -2.26. The van der Waals surface area contributed by atoms with Crippen LogP contribution >= 0.6 is 15.9 Å². The lowest BCUT2D eigenvalue weighted by molar-refractivity contribution is -0.384. The van der Waals surface area contributed by atoms with Gasteiger partial charge in [0.25, 0.3) is 5.69 Å². The zero-order valence-electron chi connectivity index (χ0n) is 12.1. The first-order chi connectivity index (χ1) is 9.97. The molecule has 1 aliphatic rings. The molecule has 1 aromatic rings. The minimum atomic E-state index is -0.491. The smallest absolute Gasteiger partial charge is 0.293 e. The van der Waals surface area contributed by atoms with Crippen LogP contribution in [-0.2, 0) is 0 Å². The Morgan fingerprint density at radius 1 is 1.48 bits per heavy atom. The highest BCUT2D eigenvalue weighted by atomic mass is 79.9. The zero-order valence-corrected chi connectivity index (χ0v) is 13.7. The van der Waals surface area contributed by atoms with Crippen LogP contribution in [0.1, 0.15) is 39.0 Å². The maximum absolute atomic E-state index is 13.5. The summed E-state index contributed by atoms with van der Waals surface area (Å²) in [4.78, 5) is 10.5. The van der Waals surface area contributed by atoms with E-state index in [0.29, 0.717) is 12.5 Å². The van der Waals surface area contributed by atoms with Crippen LogP contribution < -0.4 is 5.32 Å². The standard InChI is InChI=1S/C15H20BrFN2O2/c1-10-3-2-4-11(7-10)5-6-18-14-9-13(17)12(16)8-15(14)19(20)21/h8-11,18H,2-7H2,1H3. The molecule has 0 saturated heterocycles. The summed E-state index contributed by atoms with van der Waals surface area (Å²) in [6.07, 6.45) is 5.98. The van der Waals surface area contributed by atoms with E-state index in [2.05, 4.69) is 28.2 Å². The van der Waals surface area contributed by atoms with Crippen molar-refractivity contribution in [2.24, 2.45) is 11.8 Å². The van der Waals surface area contributed by atoms with Gasteiger partial charge in [0.15, 0.2) is 0 Å². The van der Waals surface area contributed by atoms with E-state index in [0.717, 1.165) is 12.3 Å². The third-order valence-electron chi connectivity index (χ3n) is 4.15. The minimum Gasteiger partial charge on any atom is -0.379 e. The molecule has 2 unspecified atom stereocenters. The fourth-order valence-corrected chi connectivity index (χ4v) is 3.39. The van der Waals surface area contributed by atoms with Crippen molar-refractivity contribution < 1.29 is 9.31 Å². The van der Waals surface area contributed by atoms with Gasteiger partial charge in [0.2, 0.25) is 0 Å². The molecule has 1 N–H and O–H groups in total. The number of nitrogens with one attached hydrogen (secondary N) is 1. The lowest BCUT2D eigenvalue weighted by atomic mass is 9.81. The molecule has 1 aliphatic carbocycles. The average Bonchev–Trinajstić information content (AvgIpc) is 2.42. The molecule has 21 heavy (non-hydrogen) atoms. The van der Waals surface area contributed by atoms with Crippen LogP contribution in [0.5, 0.6) is 0 Å². The molecule has 6 heteroatoms. The van der Waals surface area contributed by atoms with Gasteiger partial charge in [0.1, 0.15) is 11.5 Å². The lowest BCUT2D eigenvalue weighted by Crippen LogP contribution is -2.17. The Balaban J connectivity index is 1.96. The van der Waals surface area contributed by atoms with Crippen molar-refractivity contribution in [3.8, 4) is 0 Å². The van der Waals surface area contributed by atoms with Crippen LogP contribution in [-0.4, -0.2) is 11.5 Å². The summed E-state index contributed by atoms with van der Waals surface area (Å²) in [5, 5.41) is 14.0. The van der Waals surface area contributed by atoms with E-state index in [1.54, 1.807) is 0 Å². The first kappa shape index (κ1) is 16.2. The van der Waals surface area contributed by atoms with Crippen LogP contribution in [0.2, 0.25) is 0 Å². The average molecular weight is 359 g/mol. The van der Waals surface area contributed by atoms with Gasteiger partial charge in [-0.1, -0.05) is 26.2 Å². The summed E-state index contributed by atoms with van der Waals surface area (Å²) in [5.41, 5.74) is 0.157. The van der Waals surface area contributed by atoms with Gasteiger partial charge in [-0.3, -0.25) is 10.1 Å². The molecule has 0 radical (unpaired) electrons. The Bertz CT molecular complexity index is 525. The topological polar surface area (TPSA) is 55.2 Å². The predicted molar refractivity (Wildman–Crippen MR) is 85.0 cm³/mol. The molecule has 0 bridgehead atoms. The zero-order chi connectivity index (χ0) is 15.4. The van der Waals surface area contributed by atoms with Crippen LogP contribution in [0.4, 0.5) is 15.8 Å². The van der Waals surface area contributed by atoms with E-state index in [1.165, 1.54) is 37.8 Å². The highest BCUT2D eigenvalue weighted by Crippen LogP contribution is 2.32. The van der Waals surface area contributed by atoms with E-state index in [4.69, 9.17) is 0 Å². The Hall–Kier alpha value is -1.17. The molecule has 2 atom stereocenters. The number of nitrogens with zero attached hydrogens (tertiary/aromatic N) is 1. The van der Waals surface area contributed by atoms with E-state index >= 15 is 0 Å². The van der Waals surface area contributed by atoms with E-state index in [9.17, 15) is 14.5 Å². The molecule has 0 heterocycles. The van der Waals surface area contributed by atoms with Crippen molar-refractivity contribution in [3.05, 3.63) is 32.5 Å². The minimum absolute atomic E-state index is 0.0970. The Morgan fingerprint density at radius 2 is 2.24 bits per heavy atom.